The average Bonchev–Trinajstić information content (AvgIpc) is 4.31. The number of hydrogen-bond acceptors (Lipinski definition) is 15. The predicted octanol–water partition coefficient (Wildman–Crippen LogP) is 6.70. The topological polar surface area (TPSA) is 224 Å². The van der Waals surface area contributed by atoms with Crippen LogP contribution < -0.4 is 10.6 Å². The van der Waals surface area contributed by atoms with Crippen LogP contribution in [0.2, 0.25) is 0 Å². The molecule has 3 aliphatic heterocycles. The van der Waals surface area contributed by atoms with E-state index in [2.05, 4.69) is 51.0 Å². The fourth-order valence-corrected chi connectivity index (χ4v) is 8.16. The van der Waals surface area contributed by atoms with Gasteiger partial charge in [0.05, 0.1) is 11.1 Å². The minimum atomic E-state index is -1.76. The van der Waals surface area contributed by atoms with E-state index in [0.717, 1.165) is 58.7 Å². The third-order valence-corrected chi connectivity index (χ3v) is 13.6. The van der Waals surface area contributed by atoms with Crippen LogP contribution >= 0.6 is 22.6 Å². The van der Waals surface area contributed by atoms with E-state index in [4.69, 9.17) is 48.4 Å². The summed E-state index contributed by atoms with van der Waals surface area (Å²) in [7, 11) is 8.92. The molecule has 0 radical (unpaired) electrons. The molecular weight excluding hydrogens is 1120 g/mol. The minimum absolute atomic E-state index is 0.307. The van der Waals surface area contributed by atoms with Crippen LogP contribution in [-0.4, -0.2) is 151 Å². The van der Waals surface area contributed by atoms with Gasteiger partial charge in [0.2, 0.25) is 0 Å². The van der Waals surface area contributed by atoms with Crippen molar-refractivity contribution in [3.63, 3.8) is 0 Å². The Balaban J connectivity index is 0.000000270. The fraction of sp³-hybridized carbons (Fsp3) is 0.483. The summed E-state index contributed by atoms with van der Waals surface area (Å²) in [5.41, 5.74) is -0.584. The first kappa shape index (κ1) is 64.3. The molecule has 4 amide bonds. The summed E-state index contributed by atoms with van der Waals surface area (Å²) in [6.07, 6.45) is 15.0. The van der Waals surface area contributed by atoms with Crippen LogP contribution in [0.3, 0.4) is 0 Å². The number of nitrogens with one attached hydrogen (secondary N) is 2. The Bertz CT molecular complexity index is 2650. The number of furan rings is 2. The van der Waals surface area contributed by atoms with Gasteiger partial charge < -0.3 is 62.4 Å². The Morgan fingerprint density at radius 3 is 1.41 bits per heavy atom. The molecule has 4 aromatic rings. The highest BCUT2D eigenvalue weighted by atomic mass is 127. The summed E-state index contributed by atoms with van der Waals surface area (Å²) in [6, 6.07) is 17.1. The number of amides is 4. The van der Waals surface area contributed by atoms with E-state index >= 15 is 0 Å². The van der Waals surface area contributed by atoms with Gasteiger partial charge in [-0.05, 0) is 148 Å². The number of rotatable bonds is 18. The zero-order chi connectivity index (χ0) is 57.1. The van der Waals surface area contributed by atoms with Crippen LogP contribution in [0.4, 0.5) is 0 Å². The molecular formula is C58H73IN4O15. The van der Waals surface area contributed by atoms with Gasteiger partial charge >= 0.3 is 0 Å². The molecule has 2 aromatic heterocycles. The Labute approximate surface area is 471 Å². The van der Waals surface area contributed by atoms with Gasteiger partial charge in [-0.3, -0.25) is 28.8 Å². The van der Waals surface area contributed by atoms with Crippen molar-refractivity contribution in [2.45, 2.75) is 102 Å². The SMILES string of the molecule is C#Cc1coc(COC)c1.C1CCOC1.CNC(=O)[C@@](C)(C(=O)COC1CCCCO1)N(C)C(=O)c1ccc(C#Cc2coc(COC)c2)cc1.CNC(=O)[C@@](C)(C(=O)COC1CCCCO1)N(C)C(=O)c1ccc(I)cc1. The predicted molar refractivity (Wildman–Crippen MR) is 297 cm³/mol. The van der Waals surface area contributed by atoms with Crippen LogP contribution in [0, 0.1) is 27.8 Å². The van der Waals surface area contributed by atoms with Crippen LogP contribution in [0.15, 0.2) is 82.0 Å². The largest absolute Gasteiger partial charge is 0.466 e. The lowest BCUT2D eigenvalue weighted by atomic mass is 9.92. The van der Waals surface area contributed by atoms with E-state index in [0.29, 0.717) is 67.3 Å². The molecule has 3 fully saturated rings. The number of ketones is 2. The molecule has 0 bridgehead atoms. The molecule has 5 heterocycles. The third-order valence-electron chi connectivity index (χ3n) is 12.9. The standard InChI is InChI=1S/C27H32N2O7.C19H25IN2O5.C8H8O2.C4H8O/c1-27(26(32)28-2,23(30)18-36-24-7-5-6-14-34-24)29(3)25(31)21-12-10-19(11-13-21)8-9-20-15-22(17-33-4)35-16-20;1-19(18(25)21-2,15(23)12-27-16-6-4-5-11-26-16)22(3)17(24)13-7-9-14(20)10-8-13;1-3-7-4-8(6-9-2)10-5-7;1-2-4-5-3-1/h10-13,15-16,24H,5-7,14,17-18H2,1-4H3,(H,28,32);7-10,16H,4-6,11-12H2,1-3H3,(H,21,25);1,4-5H,6H2,2H3;1-4H2/t24?,27-;16?,19-;;/m11../s1. The van der Waals surface area contributed by atoms with Crippen LogP contribution in [0.25, 0.3) is 0 Å². The quantitative estimate of drug-likeness (QED) is 0.0601. The van der Waals surface area contributed by atoms with E-state index in [1.54, 1.807) is 81.1 Å². The Hall–Kier alpha value is -6.21. The number of nitrogens with zero attached hydrogens (tertiary/aromatic N) is 2. The van der Waals surface area contributed by atoms with Crippen molar-refractivity contribution in [2.24, 2.45) is 0 Å². The Kier molecular flexibility index (Phi) is 27.4. The van der Waals surface area contributed by atoms with E-state index in [1.165, 1.54) is 66.0 Å². The zero-order valence-corrected chi connectivity index (χ0v) is 48.0. The minimum Gasteiger partial charge on any atom is -0.466 e. The smallest absolute Gasteiger partial charge is 0.254 e. The lowest BCUT2D eigenvalue weighted by Gasteiger charge is -2.36. The van der Waals surface area contributed by atoms with E-state index in [-0.39, 0.29) is 13.2 Å². The van der Waals surface area contributed by atoms with Gasteiger partial charge in [0.15, 0.2) is 35.2 Å². The number of carbonyl (C=O) groups excluding carboxylic acids is 6. The monoisotopic (exact) mass is 1190 g/mol. The molecule has 3 saturated heterocycles. The molecule has 0 aliphatic carbocycles. The van der Waals surface area contributed by atoms with Gasteiger partial charge in [-0.2, -0.15) is 0 Å². The second-order valence-corrected chi connectivity index (χ2v) is 19.6. The summed E-state index contributed by atoms with van der Waals surface area (Å²) >= 11 is 2.14. The van der Waals surface area contributed by atoms with Gasteiger partial charge in [0.1, 0.15) is 50.5 Å². The van der Waals surface area contributed by atoms with Crippen LogP contribution in [-0.2, 0) is 65.5 Å². The number of hydrogen-bond donors (Lipinski definition) is 2. The van der Waals surface area contributed by atoms with Crippen LogP contribution in [0.5, 0.6) is 0 Å². The fourth-order valence-electron chi connectivity index (χ4n) is 7.80. The Morgan fingerprint density at radius 2 is 1.04 bits per heavy atom. The maximum atomic E-state index is 13.2. The number of Topliss-reactive ketones (excluding diaryl/α,β-unsaturated/α-hetero) is 2. The number of terminal acetylenes is 1. The molecule has 2 unspecified atom stereocenters. The molecule has 0 spiro atoms. The lowest BCUT2D eigenvalue weighted by Crippen LogP contribution is -2.62. The summed E-state index contributed by atoms with van der Waals surface area (Å²) in [5, 5.41) is 4.97. The van der Waals surface area contributed by atoms with Crippen molar-refractivity contribution in [3.8, 4) is 24.2 Å². The first-order valence-corrected chi connectivity index (χ1v) is 26.6. The highest BCUT2D eigenvalue weighted by Crippen LogP contribution is 2.24. The van der Waals surface area contributed by atoms with Gasteiger partial charge in [-0.15, -0.1) is 6.42 Å². The van der Waals surface area contributed by atoms with Gasteiger partial charge in [0.25, 0.3) is 23.6 Å². The number of ether oxygens (including phenoxy) is 7. The highest BCUT2D eigenvalue weighted by Gasteiger charge is 2.48. The third kappa shape index (κ3) is 19.0. The van der Waals surface area contributed by atoms with Crippen molar-refractivity contribution in [1.29, 1.82) is 0 Å². The second kappa shape index (κ2) is 33.3. The molecule has 19 nitrogen and oxygen atoms in total. The maximum absolute atomic E-state index is 13.2. The van der Waals surface area contributed by atoms with E-state index < -0.39 is 58.9 Å². The van der Waals surface area contributed by atoms with Crippen molar-refractivity contribution in [3.05, 3.63) is 116 Å². The first-order chi connectivity index (χ1) is 37.5. The van der Waals surface area contributed by atoms with E-state index in [1.807, 2.05) is 0 Å². The summed E-state index contributed by atoms with van der Waals surface area (Å²) < 4.78 is 48.3. The van der Waals surface area contributed by atoms with Crippen molar-refractivity contribution in [2.75, 3.05) is 82.1 Å². The number of carbonyl (C=O) groups is 6. The van der Waals surface area contributed by atoms with Crippen molar-refractivity contribution in [1.82, 2.24) is 20.4 Å². The van der Waals surface area contributed by atoms with Crippen LogP contribution in [0.1, 0.15) is 114 Å². The maximum Gasteiger partial charge on any atom is 0.254 e. The van der Waals surface area contributed by atoms with Crippen molar-refractivity contribution >= 4 is 57.8 Å². The molecule has 20 heteroatoms. The lowest BCUT2D eigenvalue weighted by molar-refractivity contribution is -0.174. The molecule has 422 valence electrons. The number of likely N-dealkylation sites (N-methyl/N-ethyl adjacent to an activating group) is 4. The summed E-state index contributed by atoms with van der Waals surface area (Å²) in [5.74, 6) is 6.79. The molecule has 0 saturated carbocycles. The molecule has 2 aromatic carbocycles. The van der Waals surface area contributed by atoms with E-state index in [9.17, 15) is 28.8 Å². The molecule has 4 atom stereocenters. The molecule has 2 N–H and O–H groups in total. The number of methoxy groups -OCH3 is 2. The first-order valence-electron chi connectivity index (χ1n) is 25.5. The Morgan fingerprint density at radius 1 is 0.628 bits per heavy atom. The number of benzene rings is 2. The zero-order valence-electron chi connectivity index (χ0n) is 45.9. The molecule has 7 rings (SSSR count). The average molecular weight is 1190 g/mol. The number of halogens is 1. The summed E-state index contributed by atoms with van der Waals surface area (Å²) in [4.78, 5) is 79.8. The van der Waals surface area contributed by atoms with Gasteiger partial charge in [0, 0.05) is 89.1 Å². The molecule has 3 aliphatic rings. The highest BCUT2D eigenvalue weighted by molar-refractivity contribution is 14.1. The normalized spacial score (nSPS) is 17.1. The molecule has 78 heavy (non-hydrogen) atoms. The van der Waals surface area contributed by atoms with Gasteiger partial charge in [-0.1, -0.05) is 17.8 Å². The van der Waals surface area contributed by atoms with Crippen molar-refractivity contribution < 1.29 is 70.8 Å². The second-order valence-electron chi connectivity index (χ2n) is 18.4. The summed E-state index contributed by atoms with van der Waals surface area (Å²) in [6.45, 7) is 6.20. The van der Waals surface area contributed by atoms with Gasteiger partial charge in [-0.25, -0.2) is 0 Å².